The number of hydrogen-bond donors (Lipinski definition) is 1. The maximum atomic E-state index is 6.27. The van der Waals surface area contributed by atoms with E-state index in [4.69, 9.17) is 39.5 Å². The maximum absolute atomic E-state index is 6.27. The summed E-state index contributed by atoms with van der Waals surface area (Å²) in [5.41, 5.74) is 0.902. The Morgan fingerprint density at radius 2 is 1.76 bits per heavy atom. The van der Waals surface area contributed by atoms with Gasteiger partial charge in [0, 0.05) is 28.2 Å². The summed E-state index contributed by atoms with van der Waals surface area (Å²) in [5.74, 6) is 1.23. The number of benzene rings is 2. The van der Waals surface area contributed by atoms with Gasteiger partial charge in [0.2, 0.25) is 0 Å². The van der Waals surface area contributed by atoms with Crippen LogP contribution in [0.2, 0.25) is 15.1 Å². The van der Waals surface area contributed by atoms with Gasteiger partial charge in [-0.15, -0.1) is 0 Å². The van der Waals surface area contributed by atoms with Crippen LogP contribution >= 0.6 is 34.8 Å². The highest BCUT2D eigenvalue weighted by atomic mass is 35.5. The van der Waals surface area contributed by atoms with Crippen molar-refractivity contribution >= 4 is 34.8 Å². The van der Waals surface area contributed by atoms with Crippen LogP contribution in [0.3, 0.4) is 0 Å². The summed E-state index contributed by atoms with van der Waals surface area (Å²) in [5, 5.41) is 5.02. The van der Waals surface area contributed by atoms with Crippen LogP contribution in [0.25, 0.3) is 0 Å². The Bertz CT molecular complexity index is 629. The van der Waals surface area contributed by atoms with Gasteiger partial charge in [0.1, 0.15) is 11.5 Å². The van der Waals surface area contributed by atoms with Gasteiger partial charge in [-0.2, -0.15) is 0 Å². The summed E-state index contributed by atoms with van der Waals surface area (Å²) < 4.78 is 5.89. The molecule has 0 aliphatic rings. The Labute approximate surface area is 140 Å². The first-order chi connectivity index (χ1) is 9.97. The Morgan fingerprint density at radius 1 is 1.00 bits per heavy atom. The van der Waals surface area contributed by atoms with Gasteiger partial charge in [0.15, 0.2) is 0 Å². The number of nitrogens with one attached hydrogen (secondary N) is 1. The van der Waals surface area contributed by atoms with Crippen LogP contribution in [0, 0.1) is 0 Å². The van der Waals surface area contributed by atoms with Crippen LogP contribution in [0.15, 0.2) is 36.4 Å². The highest BCUT2D eigenvalue weighted by Crippen LogP contribution is 2.35. The monoisotopic (exact) mass is 343 g/mol. The second-order valence-electron chi connectivity index (χ2n) is 4.93. The molecule has 0 unspecified atom stereocenters. The molecule has 0 spiro atoms. The normalized spacial score (nSPS) is 11.0. The predicted molar refractivity (Wildman–Crippen MR) is 90.0 cm³/mol. The summed E-state index contributed by atoms with van der Waals surface area (Å²) in [6.07, 6.45) is 0. The van der Waals surface area contributed by atoms with Gasteiger partial charge in [-0.3, -0.25) is 0 Å². The summed E-state index contributed by atoms with van der Waals surface area (Å²) in [6, 6.07) is 11.0. The Kier molecular flexibility index (Phi) is 5.77. The van der Waals surface area contributed by atoms with Gasteiger partial charge >= 0.3 is 0 Å². The zero-order valence-electron chi connectivity index (χ0n) is 11.8. The molecule has 0 bridgehead atoms. The van der Waals surface area contributed by atoms with Crippen LogP contribution in [-0.4, -0.2) is 6.04 Å². The molecular weight excluding hydrogens is 329 g/mol. The first-order valence-corrected chi connectivity index (χ1v) is 7.74. The van der Waals surface area contributed by atoms with E-state index >= 15 is 0 Å². The van der Waals surface area contributed by atoms with E-state index in [1.165, 1.54) is 0 Å². The third-order valence-corrected chi connectivity index (χ3v) is 3.76. The largest absolute Gasteiger partial charge is 0.455 e. The molecule has 0 aromatic heterocycles. The number of halogens is 3. The highest BCUT2D eigenvalue weighted by molar-refractivity contribution is 6.35. The van der Waals surface area contributed by atoms with Gasteiger partial charge in [0.05, 0.1) is 5.02 Å². The molecule has 0 fully saturated rings. The average molecular weight is 345 g/mol. The van der Waals surface area contributed by atoms with Gasteiger partial charge < -0.3 is 10.1 Å². The molecule has 1 N–H and O–H groups in total. The zero-order chi connectivity index (χ0) is 15.4. The third kappa shape index (κ3) is 4.52. The molecule has 112 valence electrons. The fourth-order valence-corrected chi connectivity index (χ4v) is 2.47. The summed E-state index contributed by atoms with van der Waals surface area (Å²) in [4.78, 5) is 0. The molecule has 2 aromatic carbocycles. The zero-order valence-corrected chi connectivity index (χ0v) is 14.1. The topological polar surface area (TPSA) is 21.3 Å². The molecule has 0 aliphatic carbocycles. The molecule has 2 nitrogen and oxygen atoms in total. The summed E-state index contributed by atoms with van der Waals surface area (Å²) in [7, 11) is 0. The lowest BCUT2D eigenvalue weighted by molar-refractivity contribution is 0.470. The quantitative estimate of drug-likeness (QED) is 0.725. The van der Waals surface area contributed by atoms with Crippen LogP contribution in [-0.2, 0) is 6.54 Å². The molecule has 0 radical (unpaired) electrons. The second kappa shape index (κ2) is 7.37. The molecule has 0 heterocycles. The van der Waals surface area contributed by atoms with Crippen LogP contribution in [0.1, 0.15) is 19.4 Å². The lowest BCUT2D eigenvalue weighted by atomic mass is 10.2. The van der Waals surface area contributed by atoms with Crippen molar-refractivity contribution in [2.24, 2.45) is 0 Å². The van der Waals surface area contributed by atoms with Gasteiger partial charge in [-0.05, 0) is 30.3 Å². The maximum Gasteiger partial charge on any atom is 0.146 e. The Hall–Kier alpha value is -0.930. The minimum absolute atomic E-state index is 0.355. The van der Waals surface area contributed by atoms with Crippen molar-refractivity contribution in [1.82, 2.24) is 5.32 Å². The van der Waals surface area contributed by atoms with Crippen LogP contribution in [0.5, 0.6) is 11.5 Å². The lowest BCUT2D eigenvalue weighted by Gasteiger charge is -2.15. The molecule has 0 saturated heterocycles. The molecule has 0 aliphatic heterocycles. The standard InChI is InChI=1S/C16H16Cl3NO/c1-10(2)20-9-12-13(18)4-3-5-15(12)21-16-7-6-11(17)8-14(16)19/h3-8,10,20H,9H2,1-2H3. The molecule has 2 rings (SSSR count). The molecule has 21 heavy (non-hydrogen) atoms. The van der Waals surface area contributed by atoms with Crippen molar-refractivity contribution in [3.63, 3.8) is 0 Å². The highest BCUT2D eigenvalue weighted by Gasteiger charge is 2.11. The van der Waals surface area contributed by atoms with Crippen molar-refractivity contribution in [1.29, 1.82) is 0 Å². The minimum atomic E-state index is 0.355. The molecule has 0 atom stereocenters. The Morgan fingerprint density at radius 3 is 2.43 bits per heavy atom. The first kappa shape index (κ1) is 16.4. The smallest absolute Gasteiger partial charge is 0.146 e. The number of ether oxygens (including phenoxy) is 1. The van der Waals surface area contributed by atoms with E-state index in [1.54, 1.807) is 18.2 Å². The van der Waals surface area contributed by atoms with Gasteiger partial charge in [-0.25, -0.2) is 0 Å². The van der Waals surface area contributed by atoms with E-state index in [9.17, 15) is 0 Å². The first-order valence-electron chi connectivity index (χ1n) is 6.61. The van der Waals surface area contributed by atoms with Crippen molar-refractivity contribution < 1.29 is 4.74 Å². The fraction of sp³-hybridized carbons (Fsp3) is 0.250. The third-order valence-electron chi connectivity index (χ3n) is 2.88. The van der Waals surface area contributed by atoms with E-state index in [0.29, 0.717) is 39.2 Å². The Balaban J connectivity index is 2.28. The van der Waals surface area contributed by atoms with Gasteiger partial charge in [-0.1, -0.05) is 54.7 Å². The minimum Gasteiger partial charge on any atom is -0.455 e. The number of hydrogen-bond acceptors (Lipinski definition) is 2. The van der Waals surface area contributed by atoms with Crippen LogP contribution < -0.4 is 10.1 Å². The predicted octanol–water partition coefficient (Wildman–Crippen LogP) is 5.94. The summed E-state index contributed by atoms with van der Waals surface area (Å²) >= 11 is 18.3. The molecule has 2 aromatic rings. The van der Waals surface area contributed by atoms with Crippen molar-refractivity contribution in [3.8, 4) is 11.5 Å². The van der Waals surface area contributed by atoms with Gasteiger partial charge in [0.25, 0.3) is 0 Å². The van der Waals surface area contributed by atoms with Crippen molar-refractivity contribution in [2.75, 3.05) is 0 Å². The SMILES string of the molecule is CC(C)NCc1c(Cl)cccc1Oc1ccc(Cl)cc1Cl. The van der Waals surface area contributed by atoms with E-state index in [-0.39, 0.29) is 0 Å². The molecule has 0 amide bonds. The van der Waals surface area contributed by atoms with E-state index in [2.05, 4.69) is 19.2 Å². The lowest BCUT2D eigenvalue weighted by Crippen LogP contribution is -2.22. The summed E-state index contributed by atoms with van der Waals surface area (Å²) in [6.45, 7) is 4.78. The fourth-order valence-electron chi connectivity index (χ4n) is 1.79. The second-order valence-corrected chi connectivity index (χ2v) is 6.18. The van der Waals surface area contributed by atoms with Crippen molar-refractivity contribution in [3.05, 3.63) is 57.0 Å². The molecule has 0 saturated carbocycles. The van der Waals surface area contributed by atoms with Crippen LogP contribution in [0.4, 0.5) is 0 Å². The van der Waals surface area contributed by atoms with E-state index in [1.807, 2.05) is 18.2 Å². The molecular formula is C16H16Cl3NO. The van der Waals surface area contributed by atoms with Crippen molar-refractivity contribution in [2.45, 2.75) is 26.4 Å². The number of rotatable bonds is 5. The average Bonchev–Trinajstić information content (AvgIpc) is 2.41. The molecule has 5 heteroatoms. The van der Waals surface area contributed by atoms with E-state index < -0.39 is 0 Å². The van der Waals surface area contributed by atoms with E-state index in [0.717, 1.165) is 5.56 Å².